The highest BCUT2D eigenvalue weighted by atomic mass is 32.2. The molecule has 1 aromatic rings. The van der Waals surface area contributed by atoms with Crippen molar-refractivity contribution in [2.24, 2.45) is 0 Å². The Bertz CT molecular complexity index is 809. The standard InChI is InChI=1S/C23H31NO5S2/c1-28-18-13-11-12-17(21(18)29-2)16-19-22(27)24(23(30)31-19)15-10-8-6-4-3-5-7-9-14-20(25)26/h11-13,16H,3-10,14-15H2,1-2H3,(H,25,26)/b19-16-. The van der Waals surface area contributed by atoms with E-state index in [9.17, 15) is 9.59 Å². The minimum atomic E-state index is -0.715. The lowest BCUT2D eigenvalue weighted by atomic mass is 10.1. The number of amides is 1. The van der Waals surface area contributed by atoms with Gasteiger partial charge in [0.05, 0.1) is 19.1 Å². The molecule has 0 spiro atoms. The first-order valence-corrected chi connectivity index (χ1v) is 11.9. The fraction of sp³-hybridized carbons (Fsp3) is 0.522. The van der Waals surface area contributed by atoms with Crippen LogP contribution in [0.15, 0.2) is 23.1 Å². The maximum absolute atomic E-state index is 12.8. The van der Waals surface area contributed by atoms with Gasteiger partial charge in [0.15, 0.2) is 11.5 Å². The Hall–Kier alpha value is -2.06. The summed E-state index contributed by atoms with van der Waals surface area (Å²) in [5.74, 6) is 0.443. The summed E-state index contributed by atoms with van der Waals surface area (Å²) in [6, 6.07) is 5.56. The van der Waals surface area contributed by atoms with Gasteiger partial charge in [0.1, 0.15) is 4.32 Å². The molecule has 0 radical (unpaired) electrons. The number of para-hydroxylation sites is 1. The average Bonchev–Trinajstić information content (AvgIpc) is 3.01. The van der Waals surface area contributed by atoms with Crippen molar-refractivity contribution in [1.82, 2.24) is 4.90 Å². The lowest BCUT2D eigenvalue weighted by molar-refractivity contribution is -0.137. The van der Waals surface area contributed by atoms with E-state index in [-0.39, 0.29) is 12.3 Å². The topological polar surface area (TPSA) is 76.1 Å². The van der Waals surface area contributed by atoms with Crippen LogP contribution in [-0.4, -0.2) is 47.0 Å². The highest BCUT2D eigenvalue weighted by Gasteiger charge is 2.31. The Labute approximate surface area is 194 Å². The monoisotopic (exact) mass is 465 g/mol. The number of carbonyl (C=O) groups is 2. The van der Waals surface area contributed by atoms with Gasteiger partial charge >= 0.3 is 5.97 Å². The molecule has 1 N–H and O–H groups in total. The predicted molar refractivity (Wildman–Crippen MR) is 129 cm³/mol. The van der Waals surface area contributed by atoms with Crippen LogP contribution in [0.25, 0.3) is 6.08 Å². The number of ether oxygens (including phenoxy) is 2. The molecule has 0 unspecified atom stereocenters. The number of rotatable bonds is 14. The largest absolute Gasteiger partial charge is 0.493 e. The van der Waals surface area contributed by atoms with Gasteiger partial charge in [0.25, 0.3) is 5.91 Å². The van der Waals surface area contributed by atoms with Crippen molar-refractivity contribution in [2.45, 2.75) is 57.8 Å². The molecule has 0 aliphatic carbocycles. The fourth-order valence-corrected chi connectivity index (χ4v) is 4.77. The summed E-state index contributed by atoms with van der Waals surface area (Å²) < 4.78 is 11.4. The summed E-state index contributed by atoms with van der Waals surface area (Å²) in [6.07, 6.45) is 10.3. The van der Waals surface area contributed by atoms with Gasteiger partial charge in [-0.25, -0.2) is 0 Å². The molecule has 31 heavy (non-hydrogen) atoms. The normalized spacial score (nSPS) is 15.0. The summed E-state index contributed by atoms with van der Waals surface area (Å²) in [5, 5.41) is 8.62. The van der Waals surface area contributed by atoms with Crippen molar-refractivity contribution < 1.29 is 24.2 Å². The molecular weight excluding hydrogens is 434 g/mol. The summed E-state index contributed by atoms with van der Waals surface area (Å²) in [5.41, 5.74) is 0.783. The molecule has 0 saturated carbocycles. The summed E-state index contributed by atoms with van der Waals surface area (Å²) in [7, 11) is 3.16. The number of hydrogen-bond acceptors (Lipinski definition) is 6. The zero-order chi connectivity index (χ0) is 22.6. The van der Waals surface area contributed by atoms with Crippen molar-refractivity contribution in [3.63, 3.8) is 0 Å². The highest BCUT2D eigenvalue weighted by molar-refractivity contribution is 8.26. The van der Waals surface area contributed by atoms with Crippen LogP contribution in [0.2, 0.25) is 0 Å². The predicted octanol–water partition coefficient (Wildman–Crippen LogP) is 5.50. The van der Waals surface area contributed by atoms with Gasteiger partial charge in [-0.3, -0.25) is 14.5 Å². The Balaban J connectivity index is 1.76. The molecule has 2 rings (SSSR count). The number of hydrogen-bond donors (Lipinski definition) is 1. The summed E-state index contributed by atoms with van der Waals surface area (Å²) in [4.78, 5) is 25.6. The quantitative estimate of drug-likeness (QED) is 0.221. The van der Waals surface area contributed by atoms with Gasteiger partial charge in [-0.1, -0.05) is 74.6 Å². The van der Waals surface area contributed by atoms with Crippen LogP contribution in [0.5, 0.6) is 11.5 Å². The van der Waals surface area contributed by atoms with Crippen LogP contribution in [0.4, 0.5) is 0 Å². The molecule has 1 heterocycles. The van der Waals surface area contributed by atoms with E-state index in [1.165, 1.54) is 11.8 Å². The molecule has 0 aromatic heterocycles. The molecule has 1 amide bonds. The van der Waals surface area contributed by atoms with Crippen LogP contribution >= 0.6 is 24.0 Å². The molecule has 170 valence electrons. The Kier molecular flexibility index (Phi) is 10.9. The van der Waals surface area contributed by atoms with E-state index in [2.05, 4.69) is 0 Å². The van der Waals surface area contributed by atoms with E-state index in [1.807, 2.05) is 24.3 Å². The second-order valence-electron chi connectivity index (χ2n) is 7.39. The minimum Gasteiger partial charge on any atom is -0.493 e. The number of unbranched alkanes of at least 4 members (excludes halogenated alkanes) is 7. The molecule has 1 aliphatic heterocycles. The van der Waals surface area contributed by atoms with E-state index in [1.54, 1.807) is 19.1 Å². The zero-order valence-electron chi connectivity index (χ0n) is 18.2. The third-order valence-corrected chi connectivity index (χ3v) is 6.49. The molecule has 1 aliphatic rings. The Morgan fingerprint density at radius 1 is 1.06 bits per heavy atom. The first kappa shape index (κ1) is 25.2. The summed E-state index contributed by atoms with van der Waals surface area (Å²) >= 11 is 6.75. The zero-order valence-corrected chi connectivity index (χ0v) is 19.9. The number of nitrogens with zero attached hydrogens (tertiary/aromatic N) is 1. The van der Waals surface area contributed by atoms with Crippen molar-refractivity contribution in [1.29, 1.82) is 0 Å². The Morgan fingerprint density at radius 3 is 2.32 bits per heavy atom. The van der Waals surface area contributed by atoms with E-state index < -0.39 is 5.97 Å². The number of aliphatic carboxylic acids is 1. The van der Waals surface area contributed by atoms with E-state index in [0.29, 0.717) is 27.3 Å². The third kappa shape index (κ3) is 7.85. The van der Waals surface area contributed by atoms with Crippen molar-refractivity contribution in [3.8, 4) is 11.5 Å². The van der Waals surface area contributed by atoms with Crippen molar-refractivity contribution >= 4 is 46.3 Å². The number of carboxylic acid groups (broad SMARTS) is 1. The van der Waals surface area contributed by atoms with Gasteiger partial charge in [0, 0.05) is 18.5 Å². The van der Waals surface area contributed by atoms with Gasteiger partial charge in [0.2, 0.25) is 0 Å². The molecule has 0 atom stereocenters. The van der Waals surface area contributed by atoms with Crippen LogP contribution in [-0.2, 0) is 9.59 Å². The molecular formula is C23H31NO5S2. The average molecular weight is 466 g/mol. The lowest BCUT2D eigenvalue weighted by Crippen LogP contribution is -2.29. The number of thioether (sulfide) groups is 1. The molecule has 6 nitrogen and oxygen atoms in total. The van der Waals surface area contributed by atoms with E-state index >= 15 is 0 Å². The molecule has 1 aromatic carbocycles. The van der Waals surface area contributed by atoms with E-state index in [4.69, 9.17) is 26.8 Å². The fourth-order valence-electron chi connectivity index (χ4n) is 3.47. The second kappa shape index (κ2) is 13.4. The van der Waals surface area contributed by atoms with Crippen LogP contribution < -0.4 is 9.47 Å². The van der Waals surface area contributed by atoms with Crippen molar-refractivity contribution in [2.75, 3.05) is 20.8 Å². The third-order valence-electron chi connectivity index (χ3n) is 5.12. The first-order chi connectivity index (χ1) is 15.0. The Morgan fingerprint density at radius 2 is 1.71 bits per heavy atom. The van der Waals surface area contributed by atoms with Gasteiger partial charge in [-0.05, 0) is 25.0 Å². The maximum atomic E-state index is 12.8. The van der Waals surface area contributed by atoms with E-state index in [0.717, 1.165) is 56.9 Å². The lowest BCUT2D eigenvalue weighted by Gasteiger charge is -2.14. The SMILES string of the molecule is COc1cccc(/C=C2\SC(=S)N(CCCCCCCCCCC(=O)O)C2=O)c1OC. The maximum Gasteiger partial charge on any atom is 0.303 e. The number of carboxylic acids is 1. The number of carbonyl (C=O) groups excluding carboxylic acids is 1. The number of benzene rings is 1. The van der Waals surface area contributed by atoms with Gasteiger partial charge < -0.3 is 14.6 Å². The molecule has 0 bridgehead atoms. The molecule has 8 heteroatoms. The minimum absolute atomic E-state index is 0.0571. The van der Waals surface area contributed by atoms with Gasteiger partial charge in [-0.15, -0.1) is 0 Å². The number of thiocarbonyl (C=S) groups is 1. The van der Waals surface area contributed by atoms with Crippen LogP contribution in [0, 0.1) is 0 Å². The number of methoxy groups -OCH3 is 2. The van der Waals surface area contributed by atoms with Crippen LogP contribution in [0.1, 0.15) is 63.4 Å². The molecule has 1 fully saturated rings. The highest BCUT2D eigenvalue weighted by Crippen LogP contribution is 2.37. The second-order valence-corrected chi connectivity index (χ2v) is 9.06. The van der Waals surface area contributed by atoms with Crippen molar-refractivity contribution in [3.05, 3.63) is 28.7 Å². The first-order valence-electron chi connectivity index (χ1n) is 10.7. The summed E-state index contributed by atoms with van der Waals surface area (Å²) in [6.45, 7) is 0.635. The smallest absolute Gasteiger partial charge is 0.303 e. The van der Waals surface area contributed by atoms with Gasteiger partial charge in [-0.2, -0.15) is 0 Å². The van der Waals surface area contributed by atoms with Crippen LogP contribution in [0.3, 0.4) is 0 Å². The molecule has 1 saturated heterocycles.